The van der Waals surface area contributed by atoms with E-state index < -0.39 is 0 Å². The summed E-state index contributed by atoms with van der Waals surface area (Å²) in [6.45, 7) is 8.72. The van der Waals surface area contributed by atoms with Crippen molar-refractivity contribution in [2.45, 2.75) is 45.4 Å². The predicted molar refractivity (Wildman–Crippen MR) is 82.4 cm³/mol. The minimum Gasteiger partial charge on any atom is -0.316 e. The molecular weight excluding hydrogens is 240 g/mol. The van der Waals surface area contributed by atoms with E-state index in [0.29, 0.717) is 5.41 Å². The molecule has 2 aliphatic rings. The molecular formula is C15H30N2S. The number of nitrogens with one attached hydrogen (secondary N) is 1. The van der Waals surface area contributed by atoms with Crippen molar-refractivity contribution in [3.8, 4) is 0 Å². The van der Waals surface area contributed by atoms with Crippen LogP contribution in [0.25, 0.3) is 0 Å². The molecule has 0 radical (unpaired) electrons. The van der Waals surface area contributed by atoms with Crippen molar-refractivity contribution in [1.82, 2.24) is 10.2 Å². The molecule has 2 nitrogen and oxygen atoms in total. The smallest absolute Gasteiger partial charge is 0.00726 e. The van der Waals surface area contributed by atoms with E-state index in [1.807, 2.05) is 0 Å². The lowest BCUT2D eigenvalue weighted by Gasteiger charge is -2.35. The largest absolute Gasteiger partial charge is 0.316 e. The molecule has 2 rings (SSSR count). The van der Waals surface area contributed by atoms with Crippen molar-refractivity contribution in [3.05, 3.63) is 0 Å². The fourth-order valence-corrected chi connectivity index (χ4v) is 4.40. The molecule has 1 saturated heterocycles. The standard InChI is InChI=1S/C15H30N2S/c1-2-8-16-13-15(6-3-4-7-15)14-17-9-5-11-18-12-10-17/h16H,2-14H2,1H3. The summed E-state index contributed by atoms with van der Waals surface area (Å²) in [5.74, 6) is 2.72. The zero-order chi connectivity index (χ0) is 12.7. The van der Waals surface area contributed by atoms with Crippen LogP contribution in [0, 0.1) is 5.41 Å². The summed E-state index contributed by atoms with van der Waals surface area (Å²) < 4.78 is 0. The Kier molecular flexibility index (Phi) is 6.33. The summed E-state index contributed by atoms with van der Waals surface area (Å²) in [4.78, 5) is 2.75. The number of hydrogen-bond donors (Lipinski definition) is 1. The van der Waals surface area contributed by atoms with Crippen LogP contribution in [-0.4, -0.2) is 49.1 Å². The Bertz CT molecular complexity index is 219. The second kappa shape index (κ2) is 7.76. The van der Waals surface area contributed by atoms with Gasteiger partial charge in [-0.2, -0.15) is 11.8 Å². The molecule has 0 unspecified atom stereocenters. The molecule has 1 N–H and O–H groups in total. The highest BCUT2D eigenvalue weighted by molar-refractivity contribution is 7.99. The van der Waals surface area contributed by atoms with Gasteiger partial charge in [0.25, 0.3) is 0 Å². The summed E-state index contributed by atoms with van der Waals surface area (Å²) in [6.07, 6.45) is 8.47. The lowest BCUT2D eigenvalue weighted by molar-refractivity contribution is 0.156. The van der Waals surface area contributed by atoms with Crippen molar-refractivity contribution in [2.75, 3.05) is 44.2 Å². The van der Waals surface area contributed by atoms with Gasteiger partial charge in [-0.1, -0.05) is 19.8 Å². The van der Waals surface area contributed by atoms with Gasteiger partial charge in [0.05, 0.1) is 0 Å². The van der Waals surface area contributed by atoms with Crippen LogP contribution in [0.4, 0.5) is 0 Å². The lowest BCUT2D eigenvalue weighted by atomic mass is 9.85. The highest BCUT2D eigenvalue weighted by Crippen LogP contribution is 2.38. The Hall–Kier alpha value is 0.270. The third-order valence-corrected chi connectivity index (χ3v) is 5.51. The molecule has 1 saturated carbocycles. The number of rotatable bonds is 6. The van der Waals surface area contributed by atoms with Gasteiger partial charge in [0.1, 0.15) is 0 Å². The molecule has 0 aromatic carbocycles. The monoisotopic (exact) mass is 270 g/mol. The van der Waals surface area contributed by atoms with E-state index in [0.717, 1.165) is 0 Å². The van der Waals surface area contributed by atoms with Crippen molar-refractivity contribution in [3.63, 3.8) is 0 Å². The zero-order valence-electron chi connectivity index (χ0n) is 12.0. The molecule has 18 heavy (non-hydrogen) atoms. The Morgan fingerprint density at radius 2 is 1.94 bits per heavy atom. The highest BCUT2D eigenvalue weighted by atomic mass is 32.2. The fourth-order valence-electron chi connectivity index (χ4n) is 3.48. The summed E-state index contributed by atoms with van der Waals surface area (Å²) in [5, 5.41) is 3.69. The van der Waals surface area contributed by atoms with Crippen LogP contribution in [-0.2, 0) is 0 Å². The summed E-state index contributed by atoms with van der Waals surface area (Å²) in [6, 6.07) is 0. The lowest BCUT2D eigenvalue weighted by Crippen LogP contribution is -2.43. The minimum absolute atomic E-state index is 0.601. The Balaban J connectivity index is 1.83. The van der Waals surface area contributed by atoms with Crippen LogP contribution in [0.5, 0.6) is 0 Å². The van der Waals surface area contributed by atoms with Crippen LogP contribution >= 0.6 is 11.8 Å². The van der Waals surface area contributed by atoms with Crippen molar-refractivity contribution in [2.24, 2.45) is 5.41 Å². The maximum Gasteiger partial charge on any atom is 0.00726 e. The molecule has 0 aromatic heterocycles. The van der Waals surface area contributed by atoms with E-state index in [4.69, 9.17) is 0 Å². The van der Waals surface area contributed by atoms with Crippen molar-refractivity contribution < 1.29 is 0 Å². The van der Waals surface area contributed by atoms with Crippen LogP contribution < -0.4 is 5.32 Å². The average molecular weight is 270 g/mol. The molecule has 3 heteroatoms. The van der Waals surface area contributed by atoms with Gasteiger partial charge < -0.3 is 10.2 Å². The van der Waals surface area contributed by atoms with Gasteiger partial charge in [0.15, 0.2) is 0 Å². The molecule has 106 valence electrons. The van der Waals surface area contributed by atoms with Gasteiger partial charge >= 0.3 is 0 Å². The number of hydrogen-bond acceptors (Lipinski definition) is 3. The molecule has 0 amide bonds. The summed E-state index contributed by atoms with van der Waals surface area (Å²) >= 11 is 2.14. The van der Waals surface area contributed by atoms with E-state index in [9.17, 15) is 0 Å². The van der Waals surface area contributed by atoms with Crippen LogP contribution in [0.3, 0.4) is 0 Å². The molecule has 1 aliphatic heterocycles. The topological polar surface area (TPSA) is 15.3 Å². The molecule has 1 aliphatic carbocycles. The normalized spacial score (nSPS) is 25.2. The van der Waals surface area contributed by atoms with Crippen molar-refractivity contribution in [1.29, 1.82) is 0 Å². The second-order valence-corrected chi connectivity index (χ2v) is 7.35. The second-order valence-electron chi connectivity index (χ2n) is 6.13. The summed E-state index contributed by atoms with van der Waals surface area (Å²) in [5.41, 5.74) is 0.601. The minimum atomic E-state index is 0.601. The first-order chi connectivity index (χ1) is 8.85. The van der Waals surface area contributed by atoms with Gasteiger partial charge in [-0.05, 0) is 49.9 Å². The molecule has 0 atom stereocenters. The Morgan fingerprint density at radius 3 is 2.72 bits per heavy atom. The average Bonchev–Trinajstić information content (AvgIpc) is 2.67. The molecule has 0 bridgehead atoms. The maximum atomic E-state index is 3.69. The van der Waals surface area contributed by atoms with Gasteiger partial charge in [0.2, 0.25) is 0 Å². The first kappa shape index (κ1) is 14.7. The zero-order valence-corrected chi connectivity index (χ0v) is 12.9. The Labute approximate surface area is 117 Å². The number of thioether (sulfide) groups is 1. The SMILES string of the molecule is CCCNCC1(CN2CCCSCC2)CCCC1. The van der Waals surface area contributed by atoms with Gasteiger partial charge in [-0.15, -0.1) is 0 Å². The quantitative estimate of drug-likeness (QED) is 0.747. The van der Waals surface area contributed by atoms with Crippen LogP contribution in [0.2, 0.25) is 0 Å². The van der Waals surface area contributed by atoms with Gasteiger partial charge in [-0.3, -0.25) is 0 Å². The Morgan fingerprint density at radius 1 is 1.11 bits per heavy atom. The predicted octanol–water partition coefficient (Wildman–Crippen LogP) is 2.99. The van der Waals surface area contributed by atoms with Gasteiger partial charge in [0, 0.05) is 25.4 Å². The van der Waals surface area contributed by atoms with Crippen LogP contribution in [0.15, 0.2) is 0 Å². The molecule has 1 heterocycles. The van der Waals surface area contributed by atoms with E-state index in [1.54, 1.807) is 0 Å². The number of nitrogens with zero attached hydrogens (tertiary/aromatic N) is 1. The third-order valence-electron chi connectivity index (χ3n) is 4.46. The van der Waals surface area contributed by atoms with Gasteiger partial charge in [-0.25, -0.2) is 0 Å². The first-order valence-corrected chi connectivity index (χ1v) is 9.01. The van der Waals surface area contributed by atoms with E-state index in [-0.39, 0.29) is 0 Å². The molecule has 0 spiro atoms. The maximum absolute atomic E-state index is 3.69. The van der Waals surface area contributed by atoms with E-state index in [1.165, 1.54) is 82.8 Å². The summed E-state index contributed by atoms with van der Waals surface area (Å²) in [7, 11) is 0. The van der Waals surface area contributed by atoms with E-state index in [2.05, 4.69) is 28.9 Å². The van der Waals surface area contributed by atoms with Crippen molar-refractivity contribution >= 4 is 11.8 Å². The molecule has 0 aromatic rings. The van der Waals surface area contributed by atoms with Crippen LogP contribution in [0.1, 0.15) is 45.4 Å². The van der Waals surface area contributed by atoms with E-state index >= 15 is 0 Å². The molecule has 2 fully saturated rings. The first-order valence-electron chi connectivity index (χ1n) is 7.85. The highest BCUT2D eigenvalue weighted by Gasteiger charge is 2.35. The third kappa shape index (κ3) is 4.43. The fraction of sp³-hybridized carbons (Fsp3) is 1.00.